The van der Waals surface area contributed by atoms with Gasteiger partial charge in [-0.2, -0.15) is 0 Å². The summed E-state index contributed by atoms with van der Waals surface area (Å²) in [7, 11) is 0. The monoisotopic (exact) mass is 370 g/mol. The van der Waals surface area contributed by atoms with Crippen LogP contribution >= 0.6 is 11.3 Å². The number of nitrogens with one attached hydrogen (secondary N) is 1. The van der Waals surface area contributed by atoms with Crippen LogP contribution in [-0.4, -0.2) is 41.7 Å². The Morgan fingerprint density at radius 3 is 2.85 bits per heavy atom. The summed E-state index contributed by atoms with van der Waals surface area (Å²) in [4.78, 5) is 20.1. The third kappa shape index (κ3) is 3.22. The number of nitrogens with two attached hydrogens (primary N) is 1. The predicted octanol–water partition coefficient (Wildman–Crippen LogP) is 3.18. The summed E-state index contributed by atoms with van der Waals surface area (Å²) < 4.78 is 5.89. The molecule has 0 bridgehead atoms. The van der Waals surface area contributed by atoms with E-state index in [2.05, 4.69) is 4.98 Å². The van der Waals surface area contributed by atoms with Gasteiger partial charge in [0.15, 0.2) is 5.01 Å². The van der Waals surface area contributed by atoms with Crippen LogP contribution in [0.15, 0.2) is 24.4 Å². The predicted molar refractivity (Wildman–Crippen MR) is 105 cm³/mol. The van der Waals surface area contributed by atoms with Crippen molar-refractivity contribution in [3.8, 4) is 17.0 Å². The zero-order valence-electron chi connectivity index (χ0n) is 14.9. The SMILES string of the molecule is CCN(CC)C(=O)c1nc2c(s1)CCOc1cc(/C(C=N)=C/N)ccc1-2. The van der Waals surface area contributed by atoms with Crippen molar-refractivity contribution in [2.75, 3.05) is 19.7 Å². The van der Waals surface area contributed by atoms with Crippen LogP contribution in [0, 0.1) is 5.41 Å². The molecule has 0 fully saturated rings. The van der Waals surface area contributed by atoms with Gasteiger partial charge in [0, 0.05) is 47.9 Å². The van der Waals surface area contributed by atoms with Crippen LogP contribution in [0.5, 0.6) is 5.75 Å². The number of hydrogen-bond acceptors (Lipinski definition) is 6. The first-order chi connectivity index (χ1) is 12.6. The molecule has 3 N–H and O–H groups in total. The van der Waals surface area contributed by atoms with Crippen LogP contribution in [0.1, 0.15) is 34.1 Å². The molecular formula is C19H22N4O2S. The molecule has 1 aromatic heterocycles. The Kier molecular flexibility index (Phi) is 5.37. The fourth-order valence-corrected chi connectivity index (χ4v) is 3.99. The topological polar surface area (TPSA) is 92.3 Å². The van der Waals surface area contributed by atoms with Crippen molar-refractivity contribution in [2.45, 2.75) is 20.3 Å². The normalized spacial score (nSPS) is 13.2. The van der Waals surface area contributed by atoms with E-state index < -0.39 is 0 Å². The highest BCUT2D eigenvalue weighted by molar-refractivity contribution is 7.14. The van der Waals surface area contributed by atoms with Crippen molar-refractivity contribution in [3.63, 3.8) is 0 Å². The Balaban J connectivity index is 2.04. The molecule has 26 heavy (non-hydrogen) atoms. The second-order valence-electron chi connectivity index (χ2n) is 5.84. The van der Waals surface area contributed by atoms with Crippen molar-refractivity contribution in [3.05, 3.63) is 39.8 Å². The van der Waals surface area contributed by atoms with E-state index in [-0.39, 0.29) is 5.91 Å². The van der Waals surface area contributed by atoms with E-state index in [0.717, 1.165) is 21.7 Å². The van der Waals surface area contributed by atoms with Gasteiger partial charge in [-0.1, -0.05) is 6.07 Å². The Labute approximate surface area is 156 Å². The van der Waals surface area contributed by atoms with Crippen LogP contribution < -0.4 is 10.5 Å². The Morgan fingerprint density at radius 2 is 2.19 bits per heavy atom. The standard InChI is InChI=1S/C19H22N4O2S/c1-3-23(4-2)19(24)18-22-17-14-6-5-12(13(10-20)11-21)9-15(14)25-8-7-16(17)26-18/h5-6,9-11,20H,3-4,7-8,21H2,1-2H3/b13-11+,20-10?. The molecule has 2 heterocycles. The van der Waals surface area contributed by atoms with Gasteiger partial charge in [-0.15, -0.1) is 11.3 Å². The second-order valence-corrected chi connectivity index (χ2v) is 6.93. The molecule has 0 radical (unpaired) electrons. The lowest BCUT2D eigenvalue weighted by Crippen LogP contribution is -2.30. The lowest BCUT2D eigenvalue weighted by Gasteiger charge is -2.16. The first kappa shape index (κ1) is 18.1. The van der Waals surface area contributed by atoms with Gasteiger partial charge in [-0.25, -0.2) is 4.98 Å². The molecular weight excluding hydrogens is 348 g/mol. The van der Waals surface area contributed by atoms with Crippen molar-refractivity contribution < 1.29 is 9.53 Å². The summed E-state index contributed by atoms with van der Waals surface area (Å²) in [5.41, 5.74) is 8.71. The van der Waals surface area contributed by atoms with E-state index in [1.807, 2.05) is 32.0 Å². The lowest BCUT2D eigenvalue weighted by molar-refractivity contribution is 0.0772. The van der Waals surface area contributed by atoms with Crippen LogP contribution in [0.4, 0.5) is 0 Å². The maximum absolute atomic E-state index is 12.6. The number of aromatic nitrogens is 1. The zero-order valence-corrected chi connectivity index (χ0v) is 15.7. The molecule has 0 saturated carbocycles. The number of carbonyl (C=O) groups excluding carboxylic acids is 1. The van der Waals surface area contributed by atoms with Gasteiger partial charge in [0.05, 0.1) is 12.3 Å². The number of thiazole rings is 1. The molecule has 0 atom stereocenters. The summed E-state index contributed by atoms with van der Waals surface area (Å²) in [6.07, 6.45) is 3.33. The summed E-state index contributed by atoms with van der Waals surface area (Å²) in [5, 5.41) is 7.98. The van der Waals surface area contributed by atoms with E-state index in [0.29, 0.717) is 42.4 Å². The Hall–Kier alpha value is -2.67. The average Bonchev–Trinajstić information content (AvgIpc) is 3.00. The minimum absolute atomic E-state index is 0.0238. The Bertz CT molecular complexity index is 868. The maximum atomic E-state index is 12.6. The van der Waals surface area contributed by atoms with Gasteiger partial charge in [-0.3, -0.25) is 4.79 Å². The highest BCUT2D eigenvalue weighted by Crippen LogP contribution is 2.39. The highest BCUT2D eigenvalue weighted by atomic mass is 32.1. The Morgan fingerprint density at radius 1 is 1.42 bits per heavy atom. The number of carbonyl (C=O) groups is 1. The molecule has 2 aromatic rings. The van der Waals surface area contributed by atoms with Crippen LogP contribution in [-0.2, 0) is 6.42 Å². The molecule has 1 aromatic carbocycles. The van der Waals surface area contributed by atoms with Crippen molar-refractivity contribution in [1.82, 2.24) is 9.88 Å². The largest absolute Gasteiger partial charge is 0.492 e. The zero-order chi connectivity index (χ0) is 18.7. The molecule has 7 heteroatoms. The number of amides is 1. The molecule has 6 nitrogen and oxygen atoms in total. The summed E-state index contributed by atoms with van der Waals surface area (Å²) in [6, 6.07) is 5.69. The van der Waals surface area contributed by atoms with Crippen molar-refractivity contribution >= 4 is 29.0 Å². The van der Waals surface area contributed by atoms with E-state index >= 15 is 0 Å². The summed E-state index contributed by atoms with van der Waals surface area (Å²) in [6.45, 7) is 5.80. The van der Waals surface area contributed by atoms with Crippen molar-refractivity contribution in [1.29, 1.82) is 5.41 Å². The molecule has 3 rings (SSSR count). The van der Waals surface area contributed by atoms with Crippen molar-refractivity contribution in [2.24, 2.45) is 5.73 Å². The number of benzene rings is 1. The van der Waals surface area contributed by atoms with E-state index in [1.54, 1.807) is 4.90 Å². The van der Waals surface area contributed by atoms with E-state index in [4.69, 9.17) is 15.9 Å². The fraction of sp³-hybridized carbons (Fsp3) is 0.316. The van der Waals surface area contributed by atoms with Crippen LogP contribution in [0.3, 0.4) is 0 Å². The number of rotatable bonds is 5. The first-order valence-electron chi connectivity index (χ1n) is 8.61. The highest BCUT2D eigenvalue weighted by Gasteiger charge is 2.25. The number of nitrogens with zero attached hydrogens (tertiary/aromatic N) is 2. The molecule has 0 spiro atoms. The molecule has 0 aliphatic carbocycles. The molecule has 1 amide bonds. The van der Waals surface area contributed by atoms with Gasteiger partial charge >= 0.3 is 0 Å². The van der Waals surface area contributed by atoms with Gasteiger partial charge < -0.3 is 20.8 Å². The quantitative estimate of drug-likeness (QED) is 0.791. The summed E-state index contributed by atoms with van der Waals surface area (Å²) in [5.74, 6) is 0.680. The lowest BCUT2D eigenvalue weighted by atomic mass is 10.0. The van der Waals surface area contributed by atoms with Gasteiger partial charge in [0.1, 0.15) is 5.75 Å². The molecule has 1 aliphatic heterocycles. The first-order valence-corrected chi connectivity index (χ1v) is 9.43. The number of ether oxygens (including phenoxy) is 1. The molecule has 0 unspecified atom stereocenters. The van der Waals surface area contributed by atoms with Crippen LogP contribution in [0.25, 0.3) is 16.8 Å². The summed E-state index contributed by atoms with van der Waals surface area (Å²) >= 11 is 1.45. The molecule has 0 saturated heterocycles. The van der Waals surface area contributed by atoms with Gasteiger partial charge in [-0.05, 0) is 31.5 Å². The minimum atomic E-state index is -0.0238. The molecule has 1 aliphatic rings. The smallest absolute Gasteiger partial charge is 0.282 e. The van der Waals surface area contributed by atoms with Crippen LogP contribution in [0.2, 0.25) is 0 Å². The molecule has 136 valence electrons. The van der Waals surface area contributed by atoms with Gasteiger partial charge in [0.25, 0.3) is 5.91 Å². The second kappa shape index (κ2) is 7.70. The van der Waals surface area contributed by atoms with E-state index in [9.17, 15) is 4.79 Å². The number of allylic oxidation sites excluding steroid dienone is 1. The maximum Gasteiger partial charge on any atom is 0.282 e. The third-order valence-electron chi connectivity index (χ3n) is 4.42. The fourth-order valence-electron chi connectivity index (χ4n) is 2.97. The average molecular weight is 370 g/mol. The minimum Gasteiger partial charge on any atom is -0.492 e. The number of hydrogen-bond donors (Lipinski definition) is 2. The van der Waals surface area contributed by atoms with E-state index in [1.165, 1.54) is 23.8 Å². The third-order valence-corrected chi connectivity index (χ3v) is 5.53. The van der Waals surface area contributed by atoms with Gasteiger partial charge in [0.2, 0.25) is 0 Å². The number of fused-ring (bicyclic) bond motifs is 3.